The van der Waals surface area contributed by atoms with Crippen molar-refractivity contribution in [2.75, 3.05) is 7.11 Å². The maximum absolute atomic E-state index is 12.3. The van der Waals surface area contributed by atoms with Crippen LogP contribution >= 0.6 is 0 Å². The number of ketones is 1. The van der Waals surface area contributed by atoms with E-state index in [1.807, 2.05) is 61.5 Å². The molecule has 2 aromatic carbocycles. The van der Waals surface area contributed by atoms with E-state index in [-0.39, 0.29) is 11.7 Å². The molecule has 0 fully saturated rings. The maximum atomic E-state index is 12.3. The molecule has 0 N–H and O–H groups in total. The van der Waals surface area contributed by atoms with E-state index in [2.05, 4.69) is 0 Å². The summed E-state index contributed by atoms with van der Waals surface area (Å²) in [6, 6.07) is 17.0. The molecule has 2 heteroatoms. The topological polar surface area (TPSA) is 26.3 Å². The van der Waals surface area contributed by atoms with Gasteiger partial charge in [-0.3, -0.25) is 4.79 Å². The van der Waals surface area contributed by atoms with Crippen molar-refractivity contribution >= 4 is 5.78 Å². The van der Waals surface area contributed by atoms with Crippen LogP contribution in [0.4, 0.5) is 0 Å². The van der Waals surface area contributed by atoms with Crippen LogP contribution in [0, 0.1) is 0 Å². The number of benzene rings is 2. The number of carbonyl (C=O) groups is 1. The van der Waals surface area contributed by atoms with Crippen LogP contribution in [0.15, 0.2) is 54.6 Å². The van der Waals surface area contributed by atoms with Crippen molar-refractivity contribution in [3.05, 3.63) is 65.7 Å². The van der Waals surface area contributed by atoms with Crippen molar-refractivity contribution in [1.29, 1.82) is 0 Å². The van der Waals surface area contributed by atoms with Crippen molar-refractivity contribution in [1.82, 2.24) is 0 Å². The number of carbonyl (C=O) groups excluding carboxylic acids is 1. The zero-order valence-electron chi connectivity index (χ0n) is 10.6. The molecule has 0 heterocycles. The Labute approximate surface area is 107 Å². The molecule has 2 nitrogen and oxygen atoms in total. The van der Waals surface area contributed by atoms with E-state index in [0.717, 1.165) is 16.9 Å². The van der Waals surface area contributed by atoms with Crippen LogP contribution in [-0.2, 0) is 0 Å². The summed E-state index contributed by atoms with van der Waals surface area (Å²) < 4.78 is 5.11. The highest BCUT2D eigenvalue weighted by Gasteiger charge is 2.16. The molecule has 0 aromatic heterocycles. The van der Waals surface area contributed by atoms with Gasteiger partial charge in [0.1, 0.15) is 5.75 Å². The van der Waals surface area contributed by atoms with Gasteiger partial charge in [0.25, 0.3) is 0 Å². The predicted molar refractivity (Wildman–Crippen MR) is 72.2 cm³/mol. The first kappa shape index (κ1) is 12.4. The number of Topliss-reactive ketones (excluding diaryl/α,β-unsaturated/α-hetero) is 1. The van der Waals surface area contributed by atoms with Gasteiger partial charge >= 0.3 is 0 Å². The van der Waals surface area contributed by atoms with Crippen LogP contribution in [0.3, 0.4) is 0 Å². The third kappa shape index (κ3) is 2.59. The minimum Gasteiger partial charge on any atom is -0.497 e. The minimum atomic E-state index is -0.140. The molecule has 0 saturated heterocycles. The van der Waals surface area contributed by atoms with Crippen LogP contribution in [0.1, 0.15) is 28.8 Å². The van der Waals surface area contributed by atoms with E-state index in [1.165, 1.54) is 0 Å². The SMILES string of the molecule is COc1ccc([C@H](C)C(=O)c2ccccc2)cc1. The molecule has 18 heavy (non-hydrogen) atoms. The molecule has 0 unspecified atom stereocenters. The summed E-state index contributed by atoms with van der Waals surface area (Å²) in [5.41, 5.74) is 1.76. The quantitative estimate of drug-likeness (QED) is 0.762. The summed E-state index contributed by atoms with van der Waals surface area (Å²) in [5, 5.41) is 0. The maximum Gasteiger partial charge on any atom is 0.170 e. The zero-order valence-corrected chi connectivity index (χ0v) is 10.6. The van der Waals surface area contributed by atoms with Crippen LogP contribution in [0.2, 0.25) is 0 Å². The summed E-state index contributed by atoms with van der Waals surface area (Å²) >= 11 is 0. The normalized spacial score (nSPS) is 11.9. The lowest BCUT2D eigenvalue weighted by Crippen LogP contribution is -2.09. The Morgan fingerprint density at radius 1 is 1.00 bits per heavy atom. The third-order valence-electron chi connectivity index (χ3n) is 3.07. The smallest absolute Gasteiger partial charge is 0.170 e. The Balaban J connectivity index is 2.20. The van der Waals surface area contributed by atoms with Gasteiger partial charge in [-0.2, -0.15) is 0 Å². The second-order valence-corrected chi connectivity index (χ2v) is 4.23. The van der Waals surface area contributed by atoms with Crippen LogP contribution in [0.25, 0.3) is 0 Å². The molecule has 0 saturated carbocycles. The minimum absolute atomic E-state index is 0.140. The molecular formula is C16H16O2. The van der Waals surface area contributed by atoms with Gasteiger partial charge in [0.2, 0.25) is 0 Å². The summed E-state index contributed by atoms with van der Waals surface area (Å²) in [6.45, 7) is 1.93. The van der Waals surface area contributed by atoms with Crippen LogP contribution in [-0.4, -0.2) is 12.9 Å². The van der Waals surface area contributed by atoms with Crippen molar-refractivity contribution in [3.63, 3.8) is 0 Å². The lowest BCUT2D eigenvalue weighted by atomic mass is 9.92. The molecule has 92 valence electrons. The van der Waals surface area contributed by atoms with Gasteiger partial charge in [-0.15, -0.1) is 0 Å². The molecule has 0 spiro atoms. The Kier molecular flexibility index (Phi) is 3.78. The highest BCUT2D eigenvalue weighted by Crippen LogP contribution is 2.22. The standard InChI is InChI=1S/C16H16O2/c1-12(13-8-10-15(18-2)11-9-13)16(17)14-6-4-3-5-7-14/h3-12H,1-2H3/t12-/m0/s1. The van der Waals surface area contributed by atoms with Gasteiger partial charge in [0, 0.05) is 11.5 Å². The zero-order chi connectivity index (χ0) is 13.0. The molecule has 0 amide bonds. The molecular weight excluding hydrogens is 224 g/mol. The molecule has 0 radical (unpaired) electrons. The Morgan fingerprint density at radius 3 is 2.17 bits per heavy atom. The second kappa shape index (κ2) is 5.50. The largest absolute Gasteiger partial charge is 0.497 e. The molecule has 1 atom stereocenters. The second-order valence-electron chi connectivity index (χ2n) is 4.23. The average Bonchev–Trinajstić information content (AvgIpc) is 2.47. The van der Waals surface area contributed by atoms with Gasteiger partial charge in [-0.05, 0) is 17.7 Å². The number of hydrogen-bond acceptors (Lipinski definition) is 2. The lowest BCUT2D eigenvalue weighted by molar-refractivity contribution is 0.0966. The highest BCUT2D eigenvalue weighted by atomic mass is 16.5. The average molecular weight is 240 g/mol. The summed E-state index contributed by atoms with van der Waals surface area (Å²) in [6.07, 6.45) is 0. The van der Waals surface area contributed by atoms with Crippen molar-refractivity contribution < 1.29 is 9.53 Å². The van der Waals surface area contributed by atoms with Gasteiger partial charge in [0.15, 0.2) is 5.78 Å². The number of rotatable bonds is 4. The van der Waals surface area contributed by atoms with Crippen molar-refractivity contribution in [3.8, 4) is 5.75 Å². The molecule has 0 bridgehead atoms. The number of hydrogen-bond donors (Lipinski definition) is 0. The van der Waals surface area contributed by atoms with Crippen molar-refractivity contribution in [2.24, 2.45) is 0 Å². The van der Waals surface area contributed by atoms with E-state index in [9.17, 15) is 4.79 Å². The number of ether oxygens (including phenoxy) is 1. The molecule has 0 aliphatic heterocycles. The lowest BCUT2D eigenvalue weighted by Gasteiger charge is -2.11. The first-order valence-corrected chi connectivity index (χ1v) is 5.95. The number of methoxy groups -OCH3 is 1. The van der Waals surface area contributed by atoms with Gasteiger partial charge < -0.3 is 4.74 Å². The van der Waals surface area contributed by atoms with E-state index in [4.69, 9.17) is 4.74 Å². The Bertz CT molecular complexity index is 515. The first-order valence-electron chi connectivity index (χ1n) is 5.95. The van der Waals surface area contributed by atoms with E-state index < -0.39 is 0 Å². The van der Waals surface area contributed by atoms with Gasteiger partial charge in [-0.25, -0.2) is 0 Å². The Morgan fingerprint density at radius 2 is 1.61 bits per heavy atom. The molecule has 0 aliphatic carbocycles. The molecule has 0 aliphatic rings. The van der Waals surface area contributed by atoms with E-state index in [1.54, 1.807) is 7.11 Å². The van der Waals surface area contributed by atoms with E-state index in [0.29, 0.717) is 0 Å². The highest BCUT2D eigenvalue weighted by molar-refractivity contribution is 6.00. The fraction of sp³-hybridized carbons (Fsp3) is 0.188. The monoisotopic (exact) mass is 240 g/mol. The summed E-state index contributed by atoms with van der Waals surface area (Å²) in [5.74, 6) is 0.803. The van der Waals surface area contributed by atoms with Gasteiger partial charge in [0.05, 0.1) is 7.11 Å². The molecule has 2 rings (SSSR count). The Hall–Kier alpha value is -2.09. The van der Waals surface area contributed by atoms with Crippen LogP contribution < -0.4 is 4.74 Å². The molecule has 2 aromatic rings. The first-order chi connectivity index (χ1) is 8.72. The van der Waals surface area contributed by atoms with E-state index >= 15 is 0 Å². The summed E-state index contributed by atoms with van der Waals surface area (Å²) in [7, 11) is 1.63. The van der Waals surface area contributed by atoms with Gasteiger partial charge in [-0.1, -0.05) is 49.4 Å². The summed E-state index contributed by atoms with van der Waals surface area (Å²) in [4.78, 5) is 12.3. The van der Waals surface area contributed by atoms with Crippen LogP contribution in [0.5, 0.6) is 5.75 Å². The fourth-order valence-electron chi connectivity index (χ4n) is 1.90. The third-order valence-corrected chi connectivity index (χ3v) is 3.07. The fourth-order valence-corrected chi connectivity index (χ4v) is 1.90. The predicted octanol–water partition coefficient (Wildman–Crippen LogP) is 3.68. The van der Waals surface area contributed by atoms with Crippen molar-refractivity contribution in [2.45, 2.75) is 12.8 Å².